The van der Waals surface area contributed by atoms with Gasteiger partial charge in [-0.2, -0.15) is 0 Å². The van der Waals surface area contributed by atoms with E-state index in [1.165, 1.54) is 6.08 Å². The molecule has 0 saturated carbocycles. The summed E-state index contributed by atoms with van der Waals surface area (Å²) in [5, 5.41) is 2.82. The number of nitrogens with two attached hydrogens (primary N) is 1. The van der Waals surface area contributed by atoms with Crippen LogP contribution in [0.3, 0.4) is 0 Å². The van der Waals surface area contributed by atoms with Gasteiger partial charge in [0.05, 0.1) is 13.0 Å². The number of anilines is 1. The Morgan fingerprint density at radius 3 is 2.43 bits per heavy atom. The summed E-state index contributed by atoms with van der Waals surface area (Å²) in [7, 11) is 0. The van der Waals surface area contributed by atoms with Crippen molar-refractivity contribution in [3.05, 3.63) is 83.7 Å². The molecule has 0 aliphatic heterocycles. The summed E-state index contributed by atoms with van der Waals surface area (Å²) in [5.74, 6) is -0.0183. The Bertz CT molecular complexity index is 1050. The summed E-state index contributed by atoms with van der Waals surface area (Å²) in [4.78, 5) is 23.0. The molecule has 0 spiro atoms. The van der Waals surface area contributed by atoms with E-state index in [2.05, 4.69) is 28.1 Å². The van der Waals surface area contributed by atoms with Gasteiger partial charge in [-0.05, 0) is 68.0 Å². The topological polar surface area (TPSA) is 86.3 Å². The molecular formula is C24H25N3O3. The molecule has 154 valence electrons. The molecule has 0 unspecified atom stereocenters. The van der Waals surface area contributed by atoms with E-state index in [0.29, 0.717) is 11.4 Å². The molecule has 0 bridgehead atoms. The second kappa shape index (κ2) is 9.60. The van der Waals surface area contributed by atoms with Gasteiger partial charge in [0.15, 0.2) is 0 Å². The molecule has 2 amide bonds. The van der Waals surface area contributed by atoms with Gasteiger partial charge in [0.1, 0.15) is 5.75 Å². The number of hydrogen-bond acceptors (Lipinski definition) is 3. The number of primary amides is 1. The lowest BCUT2D eigenvalue weighted by Gasteiger charge is -2.09. The Balaban J connectivity index is 1.62. The van der Waals surface area contributed by atoms with Gasteiger partial charge >= 0.3 is 0 Å². The molecule has 0 aliphatic rings. The number of para-hydroxylation sites is 1. The summed E-state index contributed by atoms with van der Waals surface area (Å²) in [6.07, 6.45) is 3.50. The average molecular weight is 403 g/mol. The second-order valence-electron chi connectivity index (χ2n) is 6.91. The van der Waals surface area contributed by atoms with Crippen molar-refractivity contribution in [3.63, 3.8) is 0 Å². The smallest absolute Gasteiger partial charge is 0.248 e. The lowest BCUT2D eigenvalue weighted by atomic mass is 10.2. The number of aromatic nitrogens is 1. The lowest BCUT2D eigenvalue weighted by Crippen LogP contribution is -2.14. The SMILES string of the molecule is Cc1cc(C=CC(=O)Nc2ccc(OCCC(N)=O)cc2)c(C)n1-c1ccccc1. The van der Waals surface area contributed by atoms with Gasteiger partial charge in [-0.15, -0.1) is 0 Å². The number of hydrogen-bond donors (Lipinski definition) is 2. The quantitative estimate of drug-likeness (QED) is 0.558. The third kappa shape index (κ3) is 5.38. The number of carbonyl (C=O) groups excluding carboxylic acids is 2. The van der Waals surface area contributed by atoms with Crippen molar-refractivity contribution in [1.29, 1.82) is 0 Å². The van der Waals surface area contributed by atoms with E-state index in [-0.39, 0.29) is 18.9 Å². The van der Waals surface area contributed by atoms with E-state index < -0.39 is 5.91 Å². The molecule has 0 atom stereocenters. The molecule has 3 aromatic rings. The van der Waals surface area contributed by atoms with Crippen LogP contribution in [-0.2, 0) is 9.59 Å². The lowest BCUT2D eigenvalue weighted by molar-refractivity contribution is -0.118. The first-order valence-corrected chi connectivity index (χ1v) is 9.68. The van der Waals surface area contributed by atoms with Crippen LogP contribution in [0.1, 0.15) is 23.4 Å². The molecule has 6 nitrogen and oxygen atoms in total. The minimum Gasteiger partial charge on any atom is -0.493 e. The Hall–Kier alpha value is -3.80. The number of benzene rings is 2. The van der Waals surface area contributed by atoms with E-state index in [1.807, 2.05) is 38.1 Å². The van der Waals surface area contributed by atoms with Crippen LogP contribution in [0.25, 0.3) is 11.8 Å². The Kier molecular flexibility index (Phi) is 6.70. The maximum absolute atomic E-state index is 12.3. The van der Waals surface area contributed by atoms with Crippen LogP contribution >= 0.6 is 0 Å². The summed E-state index contributed by atoms with van der Waals surface area (Å²) in [6, 6.07) is 19.1. The van der Waals surface area contributed by atoms with Crippen LogP contribution in [0.2, 0.25) is 0 Å². The van der Waals surface area contributed by atoms with Crippen molar-refractivity contribution >= 4 is 23.6 Å². The fourth-order valence-corrected chi connectivity index (χ4v) is 3.18. The number of ether oxygens (including phenoxy) is 1. The van der Waals surface area contributed by atoms with E-state index >= 15 is 0 Å². The van der Waals surface area contributed by atoms with Gasteiger partial charge in [0.2, 0.25) is 11.8 Å². The zero-order valence-electron chi connectivity index (χ0n) is 17.1. The number of nitrogens with one attached hydrogen (secondary N) is 1. The van der Waals surface area contributed by atoms with Gasteiger partial charge in [0, 0.05) is 28.8 Å². The molecule has 1 heterocycles. The molecule has 0 saturated heterocycles. The molecule has 6 heteroatoms. The maximum atomic E-state index is 12.3. The molecule has 3 rings (SSSR count). The van der Waals surface area contributed by atoms with Gasteiger partial charge in [0.25, 0.3) is 0 Å². The standard InChI is InChI=1S/C24H25N3O3/c1-17-16-19(18(2)27(17)21-6-4-3-5-7-21)8-13-24(29)26-20-9-11-22(12-10-20)30-15-14-23(25)28/h3-13,16H,14-15H2,1-2H3,(H2,25,28)(H,26,29). The Morgan fingerprint density at radius 1 is 1.07 bits per heavy atom. The minimum absolute atomic E-state index is 0.161. The number of amides is 2. The minimum atomic E-state index is -0.407. The largest absolute Gasteiger partial charge is 0.493 e. The average Bonchev–Trinajstić information content (AvgIpc) is 3.01. The number of rotatable bonds is 8. The highest BCUT2D eigenvalue weighted by Gasteiger charge is 2.09. The normalized spacial score (nSPS) is 10.9. The van der Waals surface area contributed by atoms with Crippen molar-refractivity contribution in [2.24, 2.45) is 5.73 Å². The zero-order chi connectivity index (χ0) is 21.5. The monoisotopic (exact) mass is 403 g/mol. The first-order chi connectivity index (χ1) is 14.4. The molecule has 1 aromatic heterocycles. The molecule has 2 aromatic carbocycles. The van der Waals surface area contributed by atoms with E-state index in [1.54, 1.807) is 24.3 Å². The fourth-order valence-electron chi connectivity index (χ4n) is 3.18. The van der Waals surface area contributed by atoms with Crippen LogP contribution in [0.15, 0.2) is 66.7 Å². The van der Waals surface area contributed by atoms with Gasteiger partial charge in [-0.1, -0.05) is 18.2 Å². The number of nitrogens with zero attached hydrogens (tertiary/aromatic N) is 1. The maximum Gasteiger partial charge on any atom is 0.248 e. The molecule has 0 aliphatic carbocycles. The van der Waals surface area contributed by atoms with Gasteiger partial charge in [-0.25, -0.2) is 0 Å². The van der Waals surface area contributed by atoms with Crippen molar-refractivity contribution in [2.45, 2.75) is 20.3 Å². The zero-order valence-corrected chi connectivity index (χ0v) is 17.1. The highest BCUT2D eigenvalue weighted by atomic mass is 16.5. The Morgan fingerprint density at radius 2 is 1.77 bits per heavy atom. The van der Waals surface area contributed by atoms with Crippen molar-refractivity contribution in [1.82, 2.24) is 4.57 Å². The van der Waals surface area contributed by atoms with Crippen LogP contribution in [-0.4, -0.2) is 23.0 Å². The van der Waals surface area contributed by atoms with Gasteiger partial charge in [-0.3, -0.25) is 9.59 Å². The van der Waals surface area contributed by atoms with E-state index in [0.717, 1.165) is 22.6 Å². The van der Waals surface area contributed by atoms with E-state index in [9.17, 15) is 9.59 Å². The second-order valence-corrected chi connectivity index (χ2v) is 6.91. The fraction of sp³-hybridized carbons (Fsp3) is 0.167. The van der Waals surface area contributed by atoms with Gasteiger partial charge < -0.3 is 20.4 Å². The number of carbonyl (C=O) groups is 2. The van der Waals surface area contributed by atoms with Crippen molar-refractivity contribution < 1.29 is 14.3 Å². The van der Waals surface area contributed by atoms with Crippen molar-refractivity contribution in [3.8, 4) is 11.4 Å². The summed E-state index contributed by atoms with van der Waals surface area (Å²) in [6.45, 7) is 4.31. The summed E-state index contributed by atoms with van der Waals surface area (Å²) < 4.78 is 7.58. The third-order valence-corrected chi connectivity index (χ3v) is 4.64. The number of aryl methyl sites for hydroxylation is 1. The molecule has 0 fully saturated rings. The van der Waals surface area contributed by atoms with Crippen molar-refractivity contribution in [2.75, 3.05) is 11.9 Å². The molecule has 30 heavy (non-hydrogen) atoms. The van der Waals surface area contributed by atoms with E-state index in [4.69, 9.17) is 10.5 Å². The predicted octanol–water partition coefficient (Wildman–Crippen LogP) is 4.00. The van der Waals surface area contributed by atoms with Crippen LogP contribution < -0.4 is 15.8 Å². The highest BCUT2D eigenvalue weighted by molar-refractivity contribution is 6.02. The van der Waals surface area contributed by atoms with Crippen LogP contribution in [0, 0.1) is 13.8 Å². The van der Waals surface area contributed by atoms with Crippen LogP contribution in [0.4, 0.5) is 5.69 Å². The highest BCUT2D eigenvalue weighted by Crippen LogP contribution is 2.22. The Labute approximate surface area is 176 Å². The molecule has 3 N–H and O–H groups in total. The first-order valence-electron chi connectivity index (χ1n) is 9.68. The molecule has 0 radical (unpaired) electrons. The predicted molar refractivity (Wildman–Crippen MR) is 119 cm³/mol. The molecular weight excluding hydrogens is 378 g/mol. The first kappa shape index (κ1) is 20.9. The summed E-state index contributed by atoms with van der Waals surface area (Å²) >= 11 is 0. The third-order valence-electron chi connectivity index (χ3n) is 4.64. The van der Waals surface area contributed by atoms with Crippen LogP contribution in [0.5, 0.6) is 5.75 Å². The summed E-state index contributed by atoms with van der Waals surface area (Å²) in [5.41, 5.74) is 9.99.